The molecule has 0 atom stereocenters. The van der Waals surface area contributed by atoms with Crippen LogP contribution in [0.1, 0.15) is 5.56 Å². The number of nitrogens with one attached hydrogen (secondary N) is 1. The molecule has 18 heavy (non-hydrogen) atoms. The van der Waals surface area contributed by atoms with E-state index in [9.17, 15) is 0 Å². The van der Waals surface area contributed by atoms with Crippen molar-refractivity contribution in [2.24, 2.45) is 5.84 Å². The number of nitrogens with zero attached hydrogens (tertiary/aromatic N) is 2. The molecule has 1 aromatic carbocycles. The first-order chi connectivity index (χ1) is 8.61. The Bertz CT molecular complexity index is 579. The Labute approximate surface area is 117 Å². The maximum absolute atomic E-state index is 5.86. The van der Waals surface area contributed by atoms with Gasteiger partial charge in [0.05, 0.1) is 10.0 Å². The van der Waals surface area contributed by atoms with E-state index in [4.69, 9.17) is 22.2 Å². The van der Waals surface area contributed by atoms with E-state index in [1.165, 1.54) is 6.33 Å². The molecule has 1 heterocycles. The molecule has 1 aromatic heterocycles. The molecule has 0 saturated carbocycles. The fourth-order valence-electron chi connectivity index (χ4n) is 1.34. The minimum Gasteiger partial charge on any atom is -0.437 e. The Morgan fingerprint density at radius 3 is 2.83 bits per heavy atom. The monoisotopic (exact) mass is 328 g/mol. The molecule has 7 heteroatoms. The maximum atomic E-state index is 5.86. The number of nitrogens with two attached hydrogens (primary N) is 1. The second-order valence-corrected chi connectivity index (χ2v) is 4.76. The second-order valence-electron chi connectivity index (χ2n) is 3.47. The van der Waals surface area contributed by atoms with E-state index in [2.05, 4.69) is 31.3 Å². The summed E-state index contributed by atoms with van der Waals surface area (Å²) in [6.07, 6.45) is 1.38. The zero-order chi connectivity index (χ0) is 13.1. The van der Waals surface area contributed by atoms with Crippen LogP contribution in [0.4, 0.5) is 5.82 Å². The van der Waals surface area contributed by atoms with E-state index in [-0.39, 0.29) is 0 Å². The molecule has 0 aliphatic heterocycles. The lowest BCUT2D eigenvalue weighted by Crippen LogP contribution is -2.11. The first-order valence-corrected chi connectivity index (χ1v) is 6.20. The molecule has 0 saturated heterocycles. The molecule has 2 rings (SSSR count). The van der Waals surface area contributed by atoms with Gasteiger partial charge in [-0.1, -0.05) is 11.6 Å². The Morgan fingerprint density at radius 1 is 1.39 bits per heavy atom. The molecule has 2 aromatic rings. The van der Waals surface area contributed by atoms with Crippen molar-refractivity contribution in [3.63, 3.8) is 0 Å². The smallest absolute Gasteiger partial charge is 0.227 e. The number of aromatic nitrogens is 2. The Morgan fingerprint density at radius 2 is 2.17 bits per heavy atom. The maximum Gasteiger partial charge on any atom is 0.227 e. The van der Waals surface area contributed by atoms with Crippen LogP contribution >= 0.6 is 27.5 Å². The molecule has 0 aliphatic carbocycles. The van der Waals surface area contributed by atoms with E-state index < -0.39 is 0 Å². The molecular formula is C11H10BrClN4O. The van der Waals surface area contributed by atoms with Crippen LogP contribution in [0.15, 0.2) is 29.0 Å². The van der Waals surface area contributed by atoms with Crippen LogP contribution in [0, 0.1) is 6.92 Å². The molecule has 0 aliphatic rings. The van der Waals surface area contributed by atoms with Crippen LogP contribution < -0.4 is 16.0 Å². The lowest BCUT2D eigenvalue weighted by Gasteiger charge is -2.11. The van der Waals surface area contributed by atoms with Crippen molar-refractivity contribution in [3.8, 4) is 11.6 Å². The van der Waals surface area contributed by atoms with Gasteiger partial charge in [0.1, 0.15) is 17.9 Å². The van der Waals surface area contributed by atoms with Crippen molar-refractivity contribution in [1.29, 1.82) is 0 Å². The molecule has 0 spiro atoms. The van der Waals surface area contributed by atoms with Gasteiger partial charge in [-0.05, 0) is 41.1 Å². The standard InChI is InChI=1S/C11H10BrClN4O/c1-6-10(17-14)15-5-16-11(6)18-9-3-2-7(13)4-8(9)12/h2-5H,14H2,1H3,(H,15,16,17). The summed E-state index contributed by atoms with van der Waals surface area (Å²) in [5, 5.41) is 0.623. The molecule has 0 bridgehead atoms. The number of hydrogen-bond acceptors (Lipinski definition) is 5. The Kier molecular flexibility index (Phi) is 4.00. The van der Waals surface area contributed by atoms with E-state index in [1.807, 2.05) is 6.92 Å². The average Bonchev–Trinajstić information content (AvgIpc) is 2.35. The van der Waals surface area contributed by atoms with Gasteiger partial charge in [-0.15, -0.1) is 0 Å². The van der Waals surface area contributed by atoms with Gasteiger partial charge in [0.15, 0.2) is 0 Å². The fraction of sp³-hybridized carbons (Fsp3) is 0.0909. The summed E-state index contributed by atoms with van der Waals surface area (Å²) in [4.78, 5) is 8.04. The highest BCUT2D eigenvalue weighted by molar-refractivity contribution is 9.10. The summed E-state index contributed by atoms with van der Waals surface area (Å²) in [6, 6.07) is 5.24. The first-order valence-electron chi connectivity index (χ1n) is 5.03. The lowest BCUT2D eigenvalue weighted by atomic mass is 10.3. The first kappa shape index (κ1) is 13.1. The third kappa shape index (κ3) is 2.72. The minimum atomic E-state index is 0.431. The zero-order valence-corrected chi connectivity index (χ0v) is 11.8. The molecule has 94 valence electrons. The Balaban J connectivity index is 2.34. The number of hydrazine groups is 1. The van der Waals surface area contributed by atoms with E-state index in [0.717, 1.165) is 10.0 Å². The summed E-state index contributed by atoms with van der Waals surface area (Å²) in [5.41, 5.74) is 3.21. The topological polar surface area (TPSA) is 73.1 Å². The number of hydrogen-bond donors (Lipinski definition) is 2. The van der Waals surface area contributed by atoms with Gasteiger partial charge in [-0.2, -0.15) is 0 Å². The highest BCUT2D eigenvalue weighted by Gasteiger charge is 2.10. The predicted molar refractivity (Wildman–Crippen MR) is 73.8 cm³/mol. The van der Waals surface area contributed by atoms with Gasteiger partial charge in [-0.25, -0.2) is 15.8 Å². The van der Waals surface area contributed by atoms with Crippen LogP contribution in [0.5, 0.6) is 11.6 Å². The minimum absolute atomic E-state index is 0.431. The predicted octanol–water partition coefficient (Wildman–Crippen LogP) is 3.28. The number of anilines is 1. The van der Waals surface area contributed by atoms with Crippen molar-refractivity contribution >= 4 is 33.3 Å². The van der Waals surface area contributed by atoms with Crippen molar-refractivity contribution < 1.29 is 4.74 Å². The largest absolute Gasteiger partial charge is 0.437 e. The van der Waals surface area contributed by atoms with E-state index in [0.29, 0.717) is 22.5 Å². The molecule has 0 unspecified atom stereocenters. The van der Waals surface area contributed by atoms with Crippen LogP contribution in [0.25, 0.3) is 0 Å². The number of ether oxygens (including phenoxy) is 1. The second kappa shape index (κ2) is 5.51. The normalized spacial score (nSPS) is 10.2. The average molecular weight is 330 g/mol. The zero-order valence-electron chi connectivity index (χ0n) is 9.45. The molecule has 5 nitrogen and oxygen atoms in total. The summed E-state index contributed by atoms with van der Waals surface area (Å²) in [5.74, 6) is 6.91. The molecule has 3 N–H and O–H groups in total. The SMILES string of the molecule is Cc1c(NN)ncnc1Oc1ccc(Cl)cc1Br. The summed E-state index contributed by atoms with van der Waals surface area (Å²) in [7, 11) is 0. The van der Waals surface area contributed by atoms with Crippen LogP contribution in [0.2, 0.25) is 5.02 Å². The van der Waals surface area contributed by atoms with Crippen molar-refractivity contribution in [1.82, 2.24) is 9.97 Å². The highest BCUT2D eigenvalue weighted by Crippen LogP contribution is 2.33. The van der Waals surface area contributed by atoms with Gasteiger partial charge in [0.2, 0.25) is 5.88 Å². The highest BCUT2D eigenvalue weighted by atomic mass is 79.9. The molecule has 0 radical (unpaired) electrons. The fourth-order valence-corrected chi connectivity index (χ4v) is 2.11. The van der Waals surface area contributed by atoms with Gasteiger partial charge in [0, 0.05) is 5.02 Å². The van der Waals surface area contributed by atoms with Gasteiger partial charge >= 0.3 is 0 Å². The third-order valence-corrected chi connectivity index (χ3v) is 3.13. The van der Waals surface area contributed by atoms with Gasteiger partial charge in [0.25, 0.3) is 0 Å². The number of halogens is 2. The van der Waals surface area contributed by atoms with Crippen LogP contribution in [0.3, 0.4) is 0 Å². The number of benzene rings is 1. The summed E-state index contributed by atoms with van der Waals surface area (Å²) in [6.45, 7) is 1.81. The summed E-state index contributed by atoms with van der Waals surface area (Å²) >= 11 is 9.23. The molecular weight excluding hydrogens is 320 g/mol. The van der Waals surface area contributed by atoms with Crippen molar-refractivity contribution in [2.45, 2.75) is 6.92 Å². The lowest BCUT2D eigenvalue weighted by molar-refractivity contribution is 0.455. The number of nitrogen functional groups attached to an aromatic ring is 1. The van der Waals surface area contributed by atoms with Gasteiger partial charge < -0.3 is 10.2 Å². The molecule has 0 amide bonds. The third-order valence-electron chi connectivity index (χ3n) is 2.28. The van der Waals surface area contributed by atoms with Crippen molar-refractivity contribution in [2.75, 3.05) is 5.43 Å². The van der Waals surface area contributed by atoms with Crippen LogP contribution in [-0.2, 0) is 0 Å². The van der Waals surface area contributed by atoms with Crippen LogP contribution in [-0.4, -0.2) is 9.97 Å². The quantitative estimate of drug-likeness (QED) is 0.668. The van der Waals surface area contributed by atoms with Gasteiger partial charge in [-0.3, -0.25) is 0 Å². The molecule has 0 fully saturated rings. The summed E-state index contributed by atoms with van der Waals surface area (Å²) < 4.78 is 6.43. The number of rotatable bonds is 3. The van der Waals surface area contributed by atoms with E-state index in [1.54, 1.807) is 18.2 Å². The Hall–Kier alpha value is -1.37. The van der Waals surface area contributed by atoms with E-state index >= 15 is 0 Å². The van der Waals surface area contributed by atoms with Crippen molar-refractivity contribution in [3.05, 3.63) is 39.6 Å².